The van der Waals surface area contributed by atoms with Gasteiger partial charge in [0.2, 0.25) is 6.23 Å². The van der Waals surface area contributed by atoms with E-state index in [4.69, 9.17) is 4.74 Å². The number of piperidine rings is 1. The lowest BCUT2D eigenvalue weighted by Gasteiger charge is -2.35. The largest absolute Gasteiger partial charge is 0.461 e. The van der Waals surface area contributed by atoms with E-state index in [9.17, 15) is 4.79 Å². The Bertz CT molecular complexity index is 520. The van der Waals surface area contributed by atoms with Gasteiger partial charge in [0.25, 0.3) is 0 Å². The number of ether oxygens (including phenoxy) is 1. The highest BCUT2D eigenvalue weighted by molar-refractivity contribution is 5.72. The summed E-state index contributed by atoms with van der Waals surface area (Å²) in [6.45, 7) is 5.62. The van der Waals surface area contributed by atoms with E-state index in [-0.39, 0.29) is 0 Å². The first kappa shape index (κ1) is 16.3. The third-order valence-electron chi connectivity index (χ3n) is 5.16. The van der Waals surface area contributed by atoms with Gasteiger partial charge >= 0.3 is 0 Å². The van der Waals surface area contributed by atoms with E-state index in [0.29, 0.717) is 0 Å². The van der Waals surface area contributed by atoms with E-state index in [0.717, 1.165) is 36.7 Å². The first-order valence-corrected chi connectivity index (χ1v) is 9.05. The first-order chi connectivity index (χ1) is 11.3. The van der Waals surface area contributed by atoms with E-state index in [1.807, 2.05) is 24.3 Å². The number of aldehydes is 1. The zero-order valence-corrected chi connectivity index (χ0v) is 14.1. The Morgan fingerprint density at radius 3 is 2.87 bits per heavy atom. The van der Waals surface area contributed by atoms with Crippen LogP contribution in [0.2, 0.25) is 0 Å². The molecule has 0 radical (unpaired) electrons. The predicted molar refractivity (Wildman–Crippen MR) is 93.0 cm³/mol. The van der Waals surface area contributed by atoms with Crippen molar-refractivity contribution in [1.29, 1.82) is 0 Å². The van der Waals surface area contributed by atoms with Crippen LogP contribution in [0.1, 0.15) is 45.4 Å². The molecule has 0 bridgehead atoms. The summed E-state index contributed by atoms with van der Waals surface area (Å²) >= 11 is 0. The summed E-state index contributed by atoms with van der Waals surface area (Å²) in [6.07, 6.45) is 8.07. The summed E-state index contributed by atoms with van der Waals surface area (Å²) in [7, 11) is 0. The number of likely N-dealkylation sites (tertiary alicyclic amines) is 1. The van der Waals surface area contributed by atoms with Crippen LogP contribution in [0, 0.1) is 0 Å². The number of nitrogens with zero attached hydrogens (tertiary/aromatic N) is 2. The smallest absolute Gasteiger partial charge is 0.229 e. The van der Waals surface area contributed by atoms with Gasteiger partial charge in [0.15, 0.2) is 6.29 Å². The van der Waals surface area contributed by atoms with Crippen LogP contribution in [0.4, 0.5) is 5.69 Å². The number of fused-ring (bicyclic) bond motifs is 1. The van der Waals surface area contributed by atoms with Crippen molar-refractivity contribution in [3.05, 3.63) is 24.3 Å². The predicted octanol–water partition coefficient (Wildman–Crippen LogP) is 3.46. The average molecular weight is 316 g/mol. The Morgan fingerprint density at radius 2 is 2.04 bits per heavy atom. The molecule has 4 heteroatoms. The molecule has 0 aliphatic carbocycles. The fourth-order valence-electron chi connectivity index (χ4n) is 3.89. The monoisotopic (exact) mass is 316 g/mol. The molecule has 1 fully saturated rings. The Labute approximate surface area is 139 Å². The van der Waals surface area contributed by atoms with Crippen molar-refractivity contribution in [2.45, 2.75) is 57.7 Å². The third kappa shape index (κ3) is 3.69. The van der Waals surface area contributed by atoms with Crippen molar-refractivity contribution in [3.63, 3.8) is 0 Å². The second kappa shape index (κ2) is 7.82. The molecule has 1 aromatic carbocycles. The number of unbranched alkanes of at least 4 members (excludes halogenated alkanes) is 1. The summed E-state index contributed by atoms with van der Waals surface area (Å²) in [6, 6.07) is 8.71. The molecule has 1 aromatic rings. The Kier molecular flexibility index (Phi) is 5.55. The second-order valence-corrected chi connectivity index (χ2v) is 6.61. The standard InChI is InChI=1S/C19H28N2O2/c1-2-16-9-5-6-12-20(16)13-7-8-14-21-17-10-3-4-11-18(17)23-19(21)15-22/h3-4,10-11,15-16,19H,2,5-9,12-14H2,1H3. The van der Waals surface area contributed by atoms with Crippen LogP contribution < -0.4 is 9.64 Å². The zero-order valence-electron chi connectivity index (χ0n) is 14.1. The Balaban J connectivity index is 1.49. The maximum atomic E-state index is 11.3. The average Bonchev–Trinajstić information content (AvgIpc) is 2.97. The van der Waals surface area contributed by atoms with Crippen LogP contribution in [-0.2, 0) is 4.79 Å². The van der Waals surface area contributed by atoms with Gasteiger partial charge in [-0.05, 0) is 57.3 Å². The van der Waals surface area contributed by atoms with Gasteiger partial charge < -0.3 is 14.5 Å². The Hall–Kier alpha value is -1.55. The maximum absolute atomic E-state index is 11.3. The van der Waals surface area contributed by atoms with Gasteiger partial charge in [0.05, 0.1) is 5.69 Å². The third-order valence-corrected chi connectivity index (χ3v) is 5.16. The van der Waals surface area contributed by atoms with Gasteiger partial charge in [-0.3, -0.25) is 4.79 Å². The van der Waals surface area contributed by atoms with Gasteiger partial charge in [-0.25, -0.2) is 0 Å². The molecule has 0 spiro atoms. The molecule has 2 aliphatic rings. The molecule has 2 heterocycles. The van der Waals surface area contributed by atoms with E-state index >= 15 is 0 Å². The molecule has 4 nitrogen and oxygen atoms in total. The summed E-state index contributed by atoms with van der Waals surface area (Å²) in [5.74, 6) is 0.826. The highest BCUT2D eigenvalue weighted by Gasteiger charge is 2.29. The summed E-state index contributed by atoms with van der Waals surface area (Å²) in [4.78, 5) is 16.0. The van der Waals surface area contributed by atoms with Crippen molar-refractivity contribution in [2.75, 3.05) is 24.5 Å². The Morgan fingerprint density at radius 1 is 1.22 bits per heavy atom. The highest BCUT2D eigenvalue weighted by Crippen LogP contribution is 2.36. The van der Waals surface area contributed by atoms with Crippen LogP contribution in [0.3, 0.4) is 0 Å². The van der Waals surface area contributed by atoms with Crippen LogP contribution >= 0.6 is 0 Å². The van der Waals surface area contributed by atoms with E-state index in [2.05, 4.69) is 16.7 Å². The second-order valence-electron chi connectivity index (χ2n) is 6.61. The quantitative estimate of drug-likeness (QED) is 0.570. The zero-order chi connectivity index (χ0) is 16.1. The number of benzene rings is 1. The highest BCUT2D eigenvalue weighted by atomic mass is 16.5. The van der Waals surface area contributed by atoms with E-state index < -0.39 is 6.23 Å². The van der Waals surface area contributed by atoms with Crippen LogP contribution in [-0.4, -0.2) is 43.1 Å². The SMILES string of the molecule is CCC1CCCCN1CCCCN1c2ccccc2OC1C=O. The minimum Gasteiger partial charge on any atom is -0.461 e. The van der Waals surface area contributed by atoms with Gasteiger partial charge in [-0.2, -0.15) is 0 Å². The fourth-order valence-corrected chi connectivity index (χ4v) is 3.89. The van der Waals surface area contributed by atoms with Crippen molar-refractivity contribution in [3.8, 4) is 5.75 Å². The van der Waals surface area contributed by atoms with Crippen molar-refractivity contribution < 1.29 is 9.53 Å². The molecule has 23 heavy (non-hydrogen) atoms. The lowest BCUT2D eigenvalue weighted by molar-refractivity contribution is -0.113. The lowest BCUT2D eigenvalue weighted by atomic mass is 10.00. The topological polar surface area (TPSA) is 32.8 Å². The molecule has 2 unspecified atom stereocenters. The first-order valence-electron chi connectivity index (χ1n) is 9.05. The van der Waals surface area contributed by atoms with Gasteiger partial charge in [0.1, 0.15) is 5.75 Å². The molecule has 0 aromatic heterocycles. The molecule has 2 atom stereocenters. The summed E-state index contributed by atoms with van der Waals surface area (Å²) in [5.41, 5.74) is 1.05. The molecule has 0 amide bonds. The van der Waals surface area contributed by atoms with E-state index in [1.165, 1.54) is 45.2 Å². The number of para-hydroxylation sites is 2. The van der Waals surface area contributed by atoms with Crippen molar-refractivity contribution >= 4 is 12.0 Å². The lowest BCUT2D eigenvalue weighted by Crippen LogP contribution is -2.40. The molecule has 0 saturated carbocycles. The maximum Gasteiger partial charge on any atom is 0.229 e. The number of hydrogen-bond donors (Lipinski definition) is 0. The molecule has 1 saturated heterocycles. The molecule has 3 rings (SSSR count). The van der Waals surface area contributed by atoms with Crippen LogP contribution in [0.25, 0.3) is 0 Å². The van der Waals surface area contributed by atoms with Crippen LogP contribution in [0.5, 0.6) is 5.75 Å². The molecular formula is C19H28N2O2. The number of rotatable bonds is 7. The molecule has 0 N–H and O–H groups in total. The van der Waals surface area contributed by atoms with Gasteiger partial charge in [-0.1, -0.05) is 25.5 Å². The van der Waals surface area contributed by atoms with E-state index in [1.54, 1.807) is 0 Å². The summed E-state index contributed by atoms with van der Waals surface area (Å²) in [5, 5.41) is 0. The minimum atomic E-state index is -0.453. The molecule has 2 aliphatic heterocycles. The van der Waals surface area contributed by atoms with Crippen molar-refractivity contribution in [2.24, 2.45) is 0 Å². The number of anilines is 1. The number of carbonyl (C=O) groups is 1. The normalized spacial score (nSPS) is 24.3. The van der Waals surface area contributed by atoms with Crippen molar-refractivity contribution in [1.82, 2.24) is 4.90 Å². The molecule has 126 valence electrons. The summed E-state index contributed by atoms with van der Waals surface area (Å²) < 4.78 is 5.70. The molecular weight excluding hydrogens is 288 g/mol. The van der Waals surface area contributed by atoms with Gasteiger partial charge in [-0.15, -0.1) is 0 Å². The van der Waals surface area contributed by atoms with Gasteiger partial charge in [0, 0.05) is 12.6 Å². The number of hydrogen-bond acceptors (Lipinski definition) is 4. The fraction of sp³-hybridized carbons (Fsp3) is 0.632. The van der Waals surface area contributed by atoms with Crippen LogP contribution in [0.15, 0.2) is 24.3 Å². The number of carbonyl (C=O) groups excluding carboxylic acids is 1. The minimum absolute atomic E-state index is 0.453.